The van der Waals surface area contributed by atoms with Gasteiger partial charge in [0.15, 0.2) is 0 Å². The normalized spacial score (nSPS) is 25.1. The lowest BCUT2D eigenvalue weighted by Gasteiger charge is -2.28. The van der Waals surface area contributed by atoms with Gasteiger partial charge in [0.05, 0.1) is 11.6 Å². The first-order chi connectivity index (χ1) is 9.67. The van der Waals surface area contributed by atoms with E-state index in [1.165, 1.54) is 5.56 Å². The molecule has 4 nitrogen and oxygen atoms in total. The van der Waals surface area contributed by atoms with E-state index in [0.29, 0.717) is 18.7 Å². The zero-order valence-electron chi connectivity index (χ0n) is 11.5. The molecule has 1 aliphatic carbocycles. The summed E-state index contributed by atoms with van der Waals surface area (Å²) in [5.41, 5.74) is 8.85. The van der Waals surface area contributed by atoms with Gasteiger partial charge < -0.3 is 10.6 Å². The minimum Gasteiger partial charge on any atom is -0.334 e. The lowest BCUT2D eigenvalue weighted by molar-refractivity contribution is -0.137. The Morgan fingerprint density at radius 1 is 1.20 bits per heavy atom. The quantitative estimate of drug-likeness (QED) is 0.846. The average molecular weight is 269 g/mol. The molecule has 0 atom stereocenters. The SMILES string of the molecule is N#Cc1ccc2c(c1)CN(C(=O)C1CCC(N)CC1)C2. The fraction of sp³-hybridized carbons (Fsp3) is 0.500. The van der Waals surface area contributed by atoms with Gasteiger partial charge in [0, 0.05) is 25.0 Å². The van der Waals surface area contributed by atoms with Crippen LogP contribution in [-0.4, -0.2) is 16.8 Å². The minimum absolute atomic E-state index is 0.138. The van der Waals surface area contributed by atoms with Gasteiger partial charge in [-0.25, -0.2) is 0 Å². The van der Waals surface area contributed by atoms with Crippen molar-refractivity contribution in [2.45, 2.75) is 44.8 Å². The van der Waals surface area contributed by atoms with E-state index in [9.17, 15) is 4.79 Å². The second kappa shape index (κ2) is 5.26. The number of hydrogen-bond donors (Lipinski definition) is 1. The maximum Gasteiger partial charge on any atom is 0.226 e. The summed E-state index contributed by atoms with van der Waals surface area (Å²) in [6.07, 6.45) is 3.73. The van der Waals surface area contributed by atoms with Crippen LogP contribution in [0, 0.1) is 17.2 Å². The third-order valence-electron chi connectivity index (χ3n) is 4.49. The van der Waals surface area contributed by atoms with Crippen LogP contribution in [0.4, 0.5) is 0 Å². The highest BCUT2D eigenvalue weighted by atomic mass is 16.2. The number of nitrogens with two attached hydrogens (primary N) is 1. The molecule has 3 rings (SSSR count). The molecule has 0 radical (unpaired) electrons. The predicted octanol–water partition coefficient (Wildman–Crippen LogP) is 1.92. The molecule has 1 saturated carbocycles. The minimum atomic E-state index is 0.138. The molecule has 1 heterocycles. The van der Waals surface area contributed by atoms with Crippen molar-refractivity contribution >= 4 is 5.91 Å². The molecule has 2 aliphatic rings. The van der Waals surface area contributed by atoms with E-state index < -0.39 is 0 Å². The van der Waals surface area contributed by atoms with Crippen molar-refractivity contribution in [3.8, 4) is 6.07 Å². The van der Waals surface area contributed by atoms with Crippen molar-refractivity contribution in [1.82, 2.24) is 4.90 Å². The van der Waals surface area contributed by atoms with Gasteiger partial charge in [0.25, 0.3) is 0 Å². The van der Waals surface area contributed by atoms with Crippen molar-refractivity contribution in [2.24, 2.45) is 11.7 Å². The van der Waals surface area contributed by atoms with E-state index in [1.807, 2.05) is 23.1 Å². The van der Waals surface area contributed by atoms with Crippen molar-refractivity contribution in [2.75, 3.05) is 0 Å². The summed E-state index contributed by atoms with van der Waals surface area (Å²) in [6, 6.07) is 8.12. The number of benzene rings is 1. The lowest BCUT2D eigenvalue weighted by Crippen LogP contribution is -2.36. The molecule has 20 heavy (non-hydrogen) atoms. The number of nitriles is 1. The Balaban J connectivity index is 1.69. The maximum absolute atomic E-state index is 12.6. The van der Waals surface area contributed by atoms with Gasteiger partial charge in [-0.15, -0.1) is 0 Å². The summed E-state index contributed by atoms with van der Waals surface area (Å²) in [4.78, 5) is 14.5. The van der Waals surface area contributed by atoms with E-state index in [-0.39, 0.29) is 17.9 Å². The lowest BCUT2D eigenvalue weighted by atomic mass is 9.85. The Kier molecular flexibility index (Phi) is 3.45. The van der Waals surface area contributed by atoms with Crippen LogP contribution in [0.25, 0.3) is 0 Å². The fourth-order valence-electron chi connectivity index (χ4n) is 3.24. The number of fused-ring (bicyclic) bond motifs is 1. The first-order valence-electron chi connectivity index (χ1n) is 7.23. The molecule has 1 aromatic rings. The molecule has 1 amide bonds. The van der Waals surface area contributed by atoms with Gasteiger partial charge in [-0.05, 0) is 48.9 Å². The average Bonchev–Trinajstić information content (AvgIpc) is 2.90. The molecule has 4 heteroatoms. The summed E-state index contributed by atoms with van der Waals surface area (Å²) in [5, 5.41) is 8.93. The first-order valence-corrected chi connectivity index (χ1v) is 7.23. The molecule has 2 N–H and O–H groups in total. The number of rotatable bonds is 1. The summed E-state index contributed by atoms with van der Waals surface area (Å²) in [6.45, 7) is 1.33. The highest BCUT2D eigenvalue weighted by molar-refractivity contribution is 5.79. The Morgan fingerprint density at radius 3 is 2.60 bits per heavy atom. The maximum atomic E-state index is 12.6. The number of carbonyl (C=O) groups excluding carboxylic acids is 1. The standard InChI is InChI=1S/C16H19N3O/c17-8-11-1-2-13-9-19(10-14(13)7-11)16(20)12-3-5-15(18)6-4-12/h1-2,7,12,15H,3-6,9-10,18H2. The Morgan fingerprint density at radius 2 is 1.90 bits per heavy atom. The van der Waals surface area contributed by atoms with Gasteiger partial charge >= 0.3 is 0 Å². The van der Waals surface area contributed by atoms with Crippen LogP contribution in [0.3, 0.4) is 0 Å². The number of hydrogen-bond acceptors (Lipinski definition) is 3. The summed E-state index contributed by atoms with van der Waals surface area (Å²) in [5.74, 6) is 0.395. The van der Waals surface area contributed by atoms with E-state index >= 15 is 0 Å². The molecule has 1 aliphatic heterocycles. The Labute approximate surface area is 119 Å². The Hall–Kier alpha value is -1.86. The molecule has 104 valence electrons. The van der Waals surface area contributed by atoms with Crippen LogP contribution in [0.15, 0.2) is 18.2 Å². The van der Waals surface area contributed by atoms with Crippen molar-refractivity contribution in [1.29, 1.82) is 5.26 Å². The van der Waals surface area contributed by atoms with Crippen LogP contribution in [0.5, 0.6) is 0 Å². The Bertz CT molecular complexity index is 568. The first kappa shape index (κ1) is 13.1. The van der Waals surface area contributed by atoms with Gasteiger partial charge in [-0.2, -0.15) is 5.26 Å². The molecular weight excluding hydrogens is 250 g/mol. The number of carbonyl (C=O) groups is 1. The van der Waals surface area contributed by atoms with E-state index in [1.54, 1.807) is 0 Å². The highest BCUT2D eigenvalue weighted by Crippen LogP contribution is 2.30. The topological polar surface area (TPSA) is 70.1 Å². The van der Waals surface area contributed by atoms with Gasteiger partial charge in [-0.1, -0.05) is 6.07 Å². The number of amides is 1. The molecule has 1 aromatic carbocycles. The number of nitrogens with zero attached hydrogens (tertiary/aromatic N) is 2. The summed E-state index contributed by atoms with van der Waals surface area (Å²) >= 11 is 0. The highest BCUT2D eigenvalue weighted by Gasteiger charge is 2.31. The van der Waals surface area contributed by atoms with Crippen LogP contribution >= 0.6 is 0 Å². The monoisotopic (exact) mass is 269 g/mol. The summed E-state index contributed by atoms with van der Waals surface area (Å²) < 4.78 is 0. The van der Waals surface area contributed by atoms with E-state index in [2.05, 4.69) is 6.07 Å². The van der Waals surface area contributed by atoms with Crippen LogP contribution in [-0.2, 0) is 17.9 Å². The van der Waals surface area contributed by atoms with Gasteiger partial charge in [-0.3, -0.25) is 4.79 Å². The van der Waals surface area contributed by atoms with Crippen LogP contribution < -0.4 is 5.73 Å². The van der Waals surface area contributed by atoms with E-state index in [4.69, 9.17) is 11.0 Å². The summed E-state index contributed by atoms with van der Waals surface area (Å²) in [7, 11) is 0. The molecule has 0 aromatic heterocycles. The second-order valence-corrected chi connectivity index (χ2v) is 5.90. The molecule has 0 spiro atoms. The molecule has 0 bridgehead atoms. The van der Waals surface area contributed by atoms with Gasteiger partial charge in [0.2, 0.25) is 5.91 Å². The zero-order chi connectivity index (χ0) is 14.1. The van der Waals surface area contributed by atoms with Crippen LogP contribution in [0.2, 0.25) is 0 Å². The zero-order valence-corrected chi connectivity index (χ0v) is 11.5. The molecular formula is C16H19N3O. The van der Waals surface area contributed by atoms with Crippen LogP contribution in [0.1, 0.15) is 42.4 Å². The molecule has 0 unspecified atom stereocenters. The predicted molar refractivity (Wildman–Crippen MR) is 75.3 cm³/mol. The van der Waals surface area contributed by atoms with E-state index in [0.717, 1.165) is 31.2 Å². The smallest absolute Gasteiger partial charge is 0.226 e. The third-order valence-corrected chi connectivity index (χ3v) is 4.49. The van der Waals surface area contributed by atoms with Crippen molar-refractivity contribution < 1.29 is 4.79 Å². The van der Waals surface area contributed by atoms with Crippen molar-refractivity contribution in [3.63, 3.8) is 0 Å². The molecule has 0 saturated heterocycles. The van der Waals surface area contributed by atoms with Gasteiger partial charge in [0.1, 0.15) is 0 Å². The molecule has 1 fully saturated rings. The third kappa shape index (κ3) is 2.41. The van der Waals surface area contributed by atoms with Crippen molar-refractivity contribution in [3.05, 3.63) is 34.9 Å². The fourth-order valence-corrected chi connectivity index (χ4v) is 3.24. The largest absolute Gasteiger partial charge is 0.334 e. The second-order valence-electron chi connectivity index (χ2n) is 5.90.